The van der Waals surface area contributed by atoms with E-state index in [2.05, 4.69) is 119 Å². The van der Waals surface area contributed by atoms with Crippen LogP contribution in [0.5, 0.6) is 5.75 Å². The Morgan fingerprint density at radius 2 is 1.70 bits per heavy atom. The van der Waals surface area contributed by atoms with Crippen LogP contribution in [0.15, 0.2) is 116 Å². The molecule has 1 aliphatic rings. The number of methoxy groups -OCH3 is 1. The first kappa shape index (κ1) is 35.0. The second-order valence-corrected chi connectivity index (χ2v) is 13.5. The molecule has 44 heavy (non-hydrogen) atoms. The Kier molecular flexibility index (Phi) is 14.1. The Bertz CT molecular complexity index is 1240. The van der Waals surface area contributed by atoms with Gasteiger partial charge in [0.1, 0.15) is 5.75 Å². The molecule has 1 saturated carbocycles. The van der Waals surface area contributed by atoms with E-state index in [0.29, 0.717) is 11.8 Å². The number of hydrogen-bond donors (Lipinski definition) is 2. The topological polar surface area (TPSA) is 33.3 Å². The molecule has 2 aromatic carbocycles. The van der Waals surface area contributed by atoms with Gasteiger partial charge in [-0.05, 0) is 111 Å². The smallest absolute Gasteiger partial charge is 0.118 e. The molecule has 1 aliphatic carbocycles. The third kappa shape index (κ3) is 11.9. The molecule has 2 aromatic rings. The summed E-state index contributed by atoms with van der Waals surface area (Å²) in [5, 5.41) is 7.24. The lowest BCUT2D eigenvalue weighted by Crippen LogP contribution is -2.37. The van der Waals surface area contributed by atoms with E-state index >= 15 is 0 Å². The lowest BCUT2D eigenvalue weighted by Gasteiger charge is -2.25. The quantitative estimate of drug-likeness (QED) is 0.111. The fourth-order valence-electron chi connectivity index (χ4n) is 6.26. The van der Waals surface area contributed by atoms with E-state index in [1.165, 1.54) is 35.1 Å². The monoisotopic (exact) mass is 594 g/mol. The highest BCUT2D eigenvalue weighted by molar-refractivity contribution is 5.30. The lowest BCUT2D eigenvalue weighted by atomic mass is 9.86. The number of allylic oxidation sites excluding steroid dienone is 3. The van der Waals surface area contributed by atoms with Gasteiger partial charge in [0.05, 0.1) is 13.2 Å². The van der Waals surface area contributed by atoms with Crippen molar-refractivity contribution in [1.82, 2.24) is 10.6 Å². The highest BCUT2D eigenvalue weighted by Crippen LogP contribution is 2.52. The van der Waals surface area contributed by atoms with Gasteiger partial charge in [-0.2, -0.15) is 0 Å². The molecule has 0 heterocycles. The second kappa shape index (κ2) is 17.7. The molecule has 2 N–H and O–H groups in total. The first-order valence-electron chi connectivity index (χ1n) is 16.6. The Labute approximate surface area is 269 Å². The van der Waals surface area contributed by atoms with Crippen LogP contribution in [0, 0.1) is 23.7 Å². The van der Waals surface area contributed by atoms with Gasteiger partial charge in [0.2, 0.25) is 0 Å². The summed E-state index contributed by atoms with van der Waals surface area (Å²) in [7, 11) is 1.70. The van der Waals surface area contributed by atoms with Gasteiger partial charge in [0, 0.05) is 17.9 Å². The molecular weight excluding hydrogens is 536 g/mol. The summed E-state index contributed by atoms with van der Waals surface area (Å²) in [6.45, 7) is 27.3. The maximum Gasteiger partial charge on any atom is 0.118 e. The molecule has 0 spiro atoms. The molecule has 0 bridgehead atoms. The van der Waals surface area contributed by atoms with E-state index < -0.39 is 0 Å². The van der Waals surface area contributed by atoms with Crippen LogP contribution in [0.3, 0.4) is 0 Å². The van der Waals surface area contributed by atoms with Crippen LogP contribution in [0.25, 0.3) is 0 Å². The summed E-state index contributed by atoms with van der Waals surface area (Å²) in [5.74, 6) is 4.30. The lowest BCUT2D eigenvalue weighted by molar-refractivity contribution is 0.414. The van der Waals surface area contributed by atoms with Gasteiger partial charge in [-0.3, -0.25) is 0 Å². The summed E-state index contributed by atoms with van der Waals surface area (Å²) in [4.78, 5) is 0. The fourth-order valence-corrected chi connectivity index (χ4v) is 6.26. The van der Waals surface area contributed by atoms with E-state index in [0.717, 1.165) is 73.5 Å². The van der Waals surface area contributed by atoms with Crippen molar-refractivity contribution in [3.63, 3.8) is 0 Å². The number of nitrogens with one attached hydrogen (secondary N) is 2. The van der Waals surface area contributed by atoms with E-state index in [1.54, 1.807) is 7.11 Å². The summed E-state index contributed by atoms with van der Waals surface area (Å²) in [6.07, 6.45) is 11.9. The average Bonchev–Trinajstić information content (AvgIpc) is 3.80. The Morgan fingerprint density at radius 3 is 2.34 bits per heavy atom. The van der Waals surface area contributed by atoms with Gasteiger partial charge >= 0.3 is 0 Å². The zero-order valence-electron chi connectivity index (χ0n) is 28.2. The van der Waals surface area contributed by atoms with Crippen molar-refractivity contribution in [3.05, 3.63) is 127 Å². The Morgan fingerprint density at radius 1 is 1.00 bits per heavy atom. The van der Waals surface area contributed by atoms with Crippen molar-refractivity contribution in [2.24, 2.45) is 23.7 Å². The van der Waals surface area contributed by atoms with E-state index in [9.17, 15) is 0 Å². The molecule has 4 unspecified atom stereocenters. The first-order valence-corrected chi connectivity index (χ1v) is 16.6. The molecule has 0 radical (unpaired) electrons. The molecule has 3 heteroatoms. The van der Waals surface area contributed by atoms with Crippen LogP contribution in [0.2, 0.25) is 0 Å². The molecule has 3 nitrogen and oxygen atoms in total. The maximum atomic E-state index is 5.36. The van der Waals surface area contributed by atoms with Crippen molar-refractivity contribution in [1.29, 1.82) is 0 Å². The normalized spacial score (nSPS) is 18.0. The van der Waals surface area contributed by atoms with Crippen LogP contribution in [0.1, 0.15) is 83.3 Å². The highest BCUT2D eigenvalue weighted by atomic mass is 16.5. The molecule has 3 rings (SSSR count). The van der Waals surface area contributed by atoms with Crippen molar-refractivity contribution in [3.8, 4) is 5.75 Å². The van der Waals surface area contributed by atoms with Crippen molar-refractivity contribution < 1.29 is 4.74 Å². The summed E-state index contributed by atoms with van der Waals surface area (Å²) in [6, 6.07) is 19.3. The van der Waals surface area contributed by atoms with E-state index in [1.807, 2.05) is 12.1 Å². The predicted molar refractivity (Wildman–Crippen MR) is 191 cm³/mol. The fraction of sp³-hybridized carbons (Fsp3) is 0.463. The van der Waals surface area contributed by atoms with Crippen molar-refractivity contribution >= 4 is 0 Å². The first-order chi connectivity index (χ1) is 21.1. The number of hydrogen-bond acceptors (Lipinski definition) is 3. The predicted octanol–water partition coefficient (Wildman–Crippen LogP) is 10.2. The molecular formula is C41H58N2O. The minimum absolute atomic E-state index is 0.00920. The van der Waals surface area contributed by atoms with Crippen LogP contribution < -0.4 is 15.4 Å². The van der Waals surface area contributed by atoms with Gasteiger partial charge in [-0.25, -0.2) is 0 Å². The third-order valence-electron chi connectivity index (χ3n) is 9.10. The van der Waals surface area contributed by atoms with Crippen LogP contribution >= 0.6 is 0 Å². The SMILES string of the molecule is C=C(CCNC(=C)[C@@H](Cc1ccc(OC)cc1)NC(=C)/C=C/CCC(C)C1CC1c1ccccc1)CC(CC(C)C)C(=C)C. The zero-order valence-corrected chi connectivity index (χ0v) is 28.2. The van der Waals surface area contributed by atoms with Crippen molar-refractivity contribution in [2.45, 2.75) is 84.6 Å². The molecule has 0 aliphatic heterocycles. The largest absolute Gasteiger partial charge is 0.497 e. The number of rotatable bonds is 21. The summed E-state index contributed by atoms with van der Waals surface area (Å²) in [5.41, 5.74) is 7.12. The van der Waals surface area contributed by atoms with Crippen LogP contribution in [-0.2, 0) is 6.42 Å². The highest BCUT2D eigenvalue weighted by Gasteiger charge is 2.41. The summed E-state index contributed by atoms with van der Waals surface area (Å²) < 4.78 is 5.36. The molecule has 0 amide bonds. The van der Waals surface area contributed by atoms with E-state index in [-0.39, 0.29) is 6.04 Å². The van der Waals surface area contributed by atoms with Gasteiger partial charge in [0.15, 0.2) is 0 Å². The molecule has 0 aromatic heterocycles. The Hall–Kier alpha value is -3.46. The minimum Gasteiger partial charge on any atom is -0.497 e. The minimum atomic E-state index is 0.00920. The molecule has 238 valence electrons. The second-order valence-electron chi connectivity index (χ2n) is 13.5. The zero-order chi connectivity index (χ0) is 32.1. The number of ether oxygens (including phenoxy) is 1. The third-order valence-corrected chi connectivity index (χ3v) is 9.10. The van der Waals surface area contributed by atoms with Gasteiger partial charge in [-0.1, -0.05) is 107 Å². The summed E-state index contributed by atoms with van der Waals surface area (Å²) >= 11 is 0. The average molecular weight is 595 g/mol. The standard InChI is InChI=1S/C41H58N2O/c1-29(2)25-37(30(3)4)26-31(5)23-24-42-34(8)41(27-35-19-21-38(44-9)22-20-35)43-33(7)16-14-13-15-32(6)39-28-40(39)36-17-11-10-12-18-36/h10-12,14,16-22,29,32,37,39-43H,3,5,7-8,13,15,23-28H2,1-2,4,6,9H3/b16-14+/t32?,37?,39?,40?,41-/m1/s1. The van der Waals surface area contributed by atoms with E-state index in [4.69, 9.17) is 4.74 Å². The molecule has 5 atom stereocenters. The number of benzene rings is 2. The van der Waals surface area contributed by atoms with Crippen LogP contribution in [0.4, 0.5) is 0 Å². The van der Waals surface area contributed by atoms with Gasteiger partial charge in [-0.15, -0.1) is 0 Å². The Balaban J connectivity index is 1.50. The van der Waals surface area contributed by atoms with Gasteiger partial charge < -0.3 is 15.4 Å². The molecule has 0 saturated heterocycles. The van der Waals surface area contributed by atoms with Crippen LogP contribution in [-0.4, -0.2) is 19.7 Å². The van der Waals surface area contributed by atoms with Gasteiger partial charge in [0.25, 0.3) is 0 Å². The maximum absolute atomic E-state index is 5.36. The van der Waals surface area contributed by atoms with Crippen molar-refractivity contribution in [2.75, 3.05) is 13.7 Å². The molecule has 1 fully saturated rings.